The minimum Gasteiger partial charge on any atom is -0.310 e. The monoisotopic (exact) mass is 272 g/mol. The molecule has 108 valence electrons. The Morgan fingerprint density at radius 2 is 2.10 bits per heavy atom. The van der Waals surface area contributed by atoms with Crippen LogP contribution < -0.4 is 5.73 Å². The lowest BCUT2D eigenvalue weighted by Gasteiger charge is -2.26. The highest BCUT2D eigenvalue weighted by Gasteiger charge is 2.30. The average molecular weight is 272 g/mol. The molecule has 0 aromatic heterocycles. The first kappa shape index (κ1) is 15.0. The molecule has 1 fully saturated rings. The van der Waals surface area contributed by atoms with Crippen LogP contribution in [0.4, 0.5) is 0 Å². The molecule has 1 aromatic rings. The maximum atomic E-state index is 9.45. The second-order valence-corrected chi connectivity index (χ2v) is 5.91. The number of likely N-dealkylation sites (N-methyl/N-ethyl adjacent to an activating group) is 1. The highest BCUT2D eigenvalue weighted by Crippen LogP contribution is 2.23. The maximum Gasteiger partial charge on any atom is 0.131 e. The topological polar surface area (TPSA) is 56.3 Å². The molecule has 2 rings (SSSR count). The van der Waals surface area contributed by atoms with Crippen LogP contribution in [0.2, 0.25) is 0 Å². The molecule has 20 heavy (non-hydrogen) atoms. The summed E-state index contributed by atoms with van der Waals surface area (Å²) in [7, 11) is 4.25. The lowest BCUT2D eigenvalue weighted by Crippen LogP contribution is -2.39. The molecule has 1 aliphatic rings. The molecule has 4 nitrogen and oxygen atoms in total. The summed E-state index contributed by atoms with van der Waals surface area (Å²) in [5.74, 6) is 0. The van der Waals surface area contributed by atoms with Gasteiger partial charge in [0.25, 0.3) is 0 Å². The van der Waals surface area contributed by atoms with Gasteiger partial charge in [-0.3, -0.25) is 0 Å². The minimum atomic E-state index is -0.878. The number of hydrogen-bond acceptors (Lipinski definition) is 4. The summed E-state index contributed by atoms with van der Waals surface area (Å²) in [4.78, 5) is 4.68. The lowest BCUT2D eigenvalue weighted by molar-refractivity contribution is 0.257. The van der Waals surface area contributed by atoms with Crippen molar-refractivity contribution in [3.8, 4) is 6.07 Å². The molecule has 0 radical (unpaired) electrons. The van der Waals surface area contributed by atoms with Crippen molar-refractivity contribution in [2.45, 2.75) is 24.4 Å². The summed E-state index contributed by atoms with van der Waals surface area (Å²) >= 11 is 0. The molecule has 4 heteroatoms. The third-order valence-corrected chi connectivity index (χ3v) is 4.29. The van der Waals surface area contributed by atoms with Crippen LogP contribution >= 0.6 is 0 Å². The molecule has 2 unspecified atom stereocenters. The highest BCUT2D eigenvalue weighted by molar-refractivity contribution is 5.30. The first-order valence-corrected chi connectivity index (χ1v) is 7.19. The number of rotatable bonds is 5. The van der Waals surface area contributed by atoms with E-state index in [0.29, 0.717) is 12.5 Å². The fourth-order valence-corrected chi connectivity index (χ4v) is 2.77. The maximum absolute atomic E-state index is 9.45. The Morgan fingerprint density at radius 3 is 2.65 bits per heavy atom. The fourth-order valence-electron chi connectivity index (χ4n) is 2.77. The van der Waals surface area contributed by atoms with Crippen molar-refractivity contribution in [3.63, 3.8) is 0 Å². The van der Waals surface area contributed by atoms with Crippen molar-refractivity contribution in [1.82, 2.24) is 9.80 Å². The van der Waals surface area contributed by atoms with Crippen molar-refractivity contribution >= 4 is 0 Å². The van der Waals surface area contributed by atoms with E-state index in [9.17, 15) is 5.26 Å². The van der Waals surface area contributed by atoms with Gasteiger partial charge in [0.1, 0.15) is 5.54 Å². The largest absolute Gasteiger partial charge is 0.310 e. The summed E-state index contributed by atoms with van der Waals surface area (Å²) in [6, 6.07) is 12.6. The van der Waals surface area contributed by atoms with Crippen molar-refractivity contribution in [1.29, 1.82) is 5.26 Å². The average Bonchev–Trinajstić information content (AvgIpc) is 2.95. The van der Waals surface area contributed by atoms with E-state index in [-0.39, 0.29) is 0 Å². The number of nitrogens with zero attached hydrogens (tertiary/aromatic N) is 3. The quantitative estimate of drug-likeness (QED) is 0.880. The third kappa shape index (κ3) is 3.37. The zero-order chi connectivity index (χ0) is 14.6. The van der Waals surface area contributed by atoms with E-state index < -0.39 is 5.54 Å². The van der Waals surface area contributed by atoms with Crippen LogP contribution in [0.15, 0.2) is 30.3 Å². The van der Waals surface area contributed by atoms with Gasteiger partial charge >= 0.3 is 0 Å². The van der Waals surface area contributed by atoms with E-state index in [1.165, 1.54) is 6.42 Å². The van der Waals surface area contributed by atoms with Crippen LogP contribution in [0.1, 0.15) is 18.4 Å². The first-order chi connectivity index (χ1) is 9.55. The SMILES string of the molecule is CN(C)C1CCN(CCC(N)(C#N)c2ccccc2)C1. The van der Waals surface area contributed by atoms with Gasteiger partial charge in [0, 0.05) is 19.1 Å². The van der Waals surface area contributed by atoms with E-state index in [1.54, 1.807) is 0 Å². The van der Waals surface area contributed by atoms with E-state index in [4.69, 9.17) is 5.73 Å². The van der Waals surface area contributed by atoms with Crippen LogP contribution in [-0.2, 0) is 5.54 Å². The number of hydrogen-bond donors (Lipinski definition) is 1. The summed E-state index contributed by atoms with van der Waals surface area (Å²) in [5.41, 5.74) is 6.32. The fraction of sp³-hybridized carbons (Fsp3) is 0.562. The molecule has 1 aromatic carbocycles. The molecule has 0 amide bonds. The Bertz CT molecular complexity index is 465. The smallest absolute Gasteiger partial charge is 0.131 e. The number of benzene rings is 1. The van der Waals surface area contributed by atoms with Gasteiger partial charge in [-0.15, -0.1) is 0 Å². The standard InChI is InChI=1S/C16H24N4/c1-19(2)15-8-10-20(12-15)11-9-16(18,13-17)14-6-4-3-5-7-14/h3-7,15H,8-12,18H2,1-2H3. The van der Waals surface area contributed by atoms with Crippen LogP contribution in [0.3, 0.4) is 0 Å². The second kappa shape index (κ2) is 6.36. The Hall–Kier alpha value is -1.41. The Kier molecular flexibility index (Phi) is 4.77. The molecule has 0 saturated carbocycles. The van der Waals surface area contributed by atoms with Gasteiger partial charge < -0.3 is 15.5 Å². The molecule has 0 bridgehead atoms. The van der Waals surface area contributed by atoms with Crippen LogP contribution in [-0.4, -0.2) is 49.6 Å². The molecule has 2 atom stereocenters. The number of nitrogens with two attached hydrogens (primary N) is 1. The van der Waals surface area contributed by atoms with Gasteiger partial charge in [-0.25, -0.2) is 0 Å². The van der Waals surface area contributed by atoms with Gasteiger partial charge in [-0.05, 0) is 39.0 Å². The second-order valence-electron chi connectivity index (χ2n) is 5.91. The Labute approximate surface area is 121 Å². The van der Waals surface area contributed by atoms with Crippen molar-refractivity contribution in [2.24, 2.45) is 5.73 Å². The predicted molar refractivity (Wildman–Crippen MR) is 81.1 cm³/mol. The van der Waals surface area contributed by atoms with Crippen molar-refractivity contribution < 1.29 is 0 Å². The molecule has 0 aliphatic carbocycles. The Morgan fingerprint density at radius 1 is 1.40 bits per heavy atom. The highest BCUT2D eigenvalue weighted by atomic mass is 15.2. The normalized spacial score (nSPS) is 22.6. The lowest BCUT2D eigenvalue weighted by atomic mass is 9.89. The zero-order valence-electron chi connectivity index (χ0n) is 12.4. The van der Waals surface area contributed by atoms with Crippen LogP contribution in [0.25, 0.3) is 0 Å². The molecule has 1 saturated heterocycles. The van der Waals surface area contributed by atoms with E-state index in [1.807, 2.05) is 30.3 Å². The molecule has 2 N–H and O–H groups in total. The molecular weight excluding hydrogens is 248 g/mol. The summed E-state index contributed by atoms with van der Waals surface area (Å²) < 4.78 is 0. The number of nitriles is 1. The van der Waals surface area contributed by atoms with Crippen molar-refractivity contribution in [2.75, 3.05) is 33.7 Å². The van der Waals surface area contributed by atoms with Gasteiger partial charge in [-0.1, -0.05) is 30.3 Å². The zero-order valence-corrected chi connectivity index (χ0v) is 12.4. The summed E-state index contributed by atoms with van der Waals surface area (Å²) in [6.07, 6.45) is 1.87. The van der Waals surface area contributed by atoms with E-state index in [2.05, 4.69) is 30.0 Å². The van der Waals surface area contributed by atoms with Crippen molar-refractivity contribution in [3.05, 3.63) is 35.9 Å². The van der Waals surface area contributed by atoms with Gasteiger partial charge in [-0.2, -0.15) is 5.26 Å². The van der Waals surface area contributed by atoms with E-state index >= 15 is 0 Å². The Balaban J connectivity index is 1.94. The first-order valence-electron chi connectivity index (χ1n) is 7.19. The molecule has 1 heterocycles. The third-order valence-electron chi connectivity index (χ3n) is 4.29. The van der Waals surface area contributed by atoms with E-state index in [0.717, 1.165) is 25.2 Å². The predicted octanol–water partition coefficient (Wildman–Crippen LogP) is 1.39. The van der Waals surface area contributed by atoms with Crippen LogP contribution in [0.5, 0.6) is 0 Å². The van der Waals surface area contributed by atoms with Gasteiger partial charge in [0.15, 0.2) is 0 Å². The number of likely N-dealkylation sites (tertiary alicyclic amines) is 1. The molecule has 1 aliphatic heterocycles. The van der Waals surface area contributed by atoms with Gasteiger partial charge in [0.05, 0.1) is 6.07 Å². The minimum absolute atomic E-state index is 0.626. The van der Waals surface area contributed by atoms with Gasteiger partial charge in [0.2, 0.25) is 0 Å². The molecule has 0 spiro atoms. The summed E-state index contributed by atoms with van der Waals surface area (Å²) in [5, 5.41) is 9.45. The summed E-state index contributed by atoms with van der Waals surface area (Å²) in [6.45, 7) is 3.05. The molecular formula is C16H24N4. The van der Waals surface area contributed by atoms with Crippen LogP contribution in [0, 0.1) is 11.3 Å².